The van der Waals surface area contributed by atoms with Gasteiger partial charge in [0.1, 0.15) is 0 Å². The van der Waals surface area contributed by atoms with Crippen LogP contribution in [0.5, 0.6) is 0 Å². The van der Waals surface area contributed by atoms with Gasteiger partial charge in [0.15, 0.2) is 0 Å². The fraction of sp³-hybridized carbons (Fsp3) is 0.467. The fourth-order valence-corrected chi connectivity index (χ4v) is 2.33. The highest BCUT2D eigenvalue weighted by Crippen LogP contribution is 2.23. The summed E-state index contributed by atoms with van der Waals surface area (Å²) in [5, 5.41) is 3.34. The van der Waals surface area contributed by atoms with Crippen molar-refractivity contribution in [3.8, 4) is 0 Å². The maximum Gasteiger partial charge on any atom is 0.243 e. The van der Waals surface area contributed by atoms with E-state index in [1.165, 1.54) is 4.90 Å². The second-order valence-corrected chi connectivity index (χ2v) is 7.94. The first kappa shape index (κ1) is 17.9. The lowest BCUT2D eigenvalue weighted by Crippen LogP contribution is -2.36. The molecule has 1 rings (SSSR count). The molecule has 2 amide bonds. The zero-order valence-corrected chi connectivity index (χ0v) is 14.3. The van der Waals surface area contributed by atoms with Crippen molar-refractivity contribution in [3.63, 3.8) is 0 Å². The lowest BCUT2D eigenvalue weighted by molar-refractivity contribution is -0.131. The van der Waals surface area contributed by atoms with Gasteiger partial charge in [-0.1, -0.05) is 32.4 Å². The van der Waals surface area contributed by atoms with Crippen molar-refractivity contribution in [1.82, 2.24) is 4.90 Å². The van der Waals surface area contributed by atoms with E-state index in [-0.39, 0.29) is 23.1 Å². The molecule has 0 heterocycles. The van der Waals surface area contributed by atoms with E-state index in [4.69, 9.17) is 11.6 Å². The summed E-state index contributed by atoms with van der Waals surface area (Å²) in [5.41, 5.74) is 0.661. The molecule has 0 fully saturated rings. The van der Waals surface area contributed by atoms with Crippen molar-refractivity contribution in [2.45, 2.75) is 25.5 Å². The topological polar surface area (TPSA) is 49.4 Å². The van der Waals surface area contributed by atoms with Crippen LogP contribution >= 0.6 is 23.4 Å². The van der Waals surface area contributed by atoms with Crippen molar-refractivity contribution in [3.05, 3.63) is 29.3 Å². The van der Waals surface area contributed by atoms with Crippen LogP contribution in [0.1, 0.15) is 20.8 Å². The average molecular weight is 329 g/mol. The van der Waals surface area contributed by atoms with Crippen molar-refractivity contribution >= 4 is 40.9 Å². The molecule has 116 valence electrons. The Hall–Kier alpha value is -1.20. The molecule has 1 N–H and O–H groups in total. The van der Waals surface area contributed by atoms with E-state index in [2.05, 4.69) is 26.1 Å². The third-order valence-corrected chi connectivity index (χ3v) is 4.07. The minimum Gasteiger partial charge on any atom is -0.336 e. The molecule has 6 heteroatoms. The van der Waals surface area contributed by atoms with Crippen molar-refractivity contribution in [2.24, 2.45) is 0 Å². The van der Waals surface area contributed by atoms with Crippen LogP contribution in [-0.4, -0.2) is 40.8 Å². The lowest BCUT2D eigenvalue weighted by atomic mass is 10.3. The van der Waals surface area contributed by atoms with Gasteiger partial charge in [0, 0.05) is 22.5 Å². The van der Waals surface area contributed by atoms with Gasteiger partial charge in [-0.15, -0.1) is 11.8 Å². The number of hydrogen-bond donors (Lipinski definition) is 1. The Morgan fingerprint density at radius 1 is 1.24 bits per heavy atom. The van der Waals surface area contributed by atoms with Crippen molar-refractivity contribution in [2.75, 3.05) is 24.7 Å². The van der Waals surface area contributed by atoms with Crippen LogP contribution < -0.4 is 5.32 Å². The van der Waals surface area contributed by atoms with E-state index >= 15 is 0 Å². The molecule has 0 saturated carbocycles. The summed E-state index contributed by atoms with van der Waals surface area (Å²) in [6.07, 6.45) is 0. The highest BCUT2D eigenvalue weighted by atomic mass is 35.5. The van der Waals surface area contributed by atoms with Gasteiger partial charge >= 0.3 is 0 Å². The summed E-state index contributed by atoms with van der Waals surface area (Å²) in [5.74, 6) is 0.0870. The maximum absolute atomic E-state index is 11.9. The normalized spacial score (nSPS) is 11.1. The molecule has 1 aromatic rings. The number of nitrogens with zero attached hydrogens (tertiary/aromatic N) is 1. The summed E-state index contributed by atoms with van der Waals surface area (Å²) >= 11 is 7.34. The quantitative estimate of drug-likeness (QED) is 0.902. The lowest BCUT2D eigenvalue weighted by Gasteiger charge is -2.21. The summed E-state index contributed by atoms with van der Waals surface area (Å²) in [6.45, 7) is 6.20. The maximum atomic E-state index is 11.9. The van der Waals surface area contributed by atoms with Gasteiger partial charge < -0.3 is 10.2 Å². The number of benzene rings is 1. The number of anilines is 1. The minimum absolute atomic E-state index is 0.0298. The third kappa shape index (κ3) is 7.39. The van der Waals surface area contributed by atoms with Gasteiger partial charge in [-0.25, -0.2) is 0 Å². The van der Waals surface area contributed by atoms with Crippen LogP contribution in [0.3, 0.4) is 0 Å². The highest BCUT2D eigenvalue weighted by Gasteiger charge is 2.17. The van der Waals surface area contributed by atoms with E-state index in [1.54, 1.807) is 43.1 Å². The molecule has 0 atom stereocenters. The smallest absolute Gasteiger partial charge is 0.243 e. The number of hydrogen-bond acceptors (Lipinski definition) is 3. The standard InChI is InChI=1S/C15H21ClN2O2S/c1-15(2,3)21-10-14(20)18(4)9-13(19)17-12-7-5-11(16)6-8-12/h5-8H,9-10H2,1-4H3,(H,17,19). The van der Waals surface area contributed by atoms with Crippen LogP contribution in [0.25, 0.3) is 0 Å². The first-order valence-electron chi connectivity index (χ1n) is 6.61. The minimum atomic E-state index is -0.228. The summed E-state index contributed by atoms with van der Waals surface area (Å²) in [7, 11) is 1.63. The van der Waals surface area contributed by atoms with E-state index in [1.807, 2.05) is 0 Å². The first-order chi connectivity index (χ1) is 9.67. The van der Waals surface area contributed by atoms with Crippen LogP contribution in [0.2, 0.25) is 5.02 Å². The van der Waals surface area contributed by atoms with Gasteiger partial charge in [0.05, 0.1) is 12.3 Å². The number of rotatable bonds is 5. The Labute approximate surface area is 135 Å². The molecule has 0 aliphatic rings. The van der Waals surface area contributed by atoms with Crippen molar-refractivity contribution < 1.29 is 9.59 Å². The van der Waals surface area contributed by atoms with Gasteiger partial charge in [0.2, 0.25) is 11.8 Å². The Kier molecular flexibility index (Phi) is 6.55. The number of thioether (sulfide) groups is 1. The predicted octanol–water partition coefficient (Wildman–Crippen LogP) is 3.27. The summed E-state index contributed by atoms with van der Waals surface area (Å²) in [6, 6.07) is 6.84. The molecule has 0 spiro atoms. The van der Waals surface area contributed by atoms with Crippen LogP contribution in [-0.2, 0) is 9.59 Å². The zero-order chi connectivity index (χ0) is 16.0. The van der Waals surface area contributed by atoms with E-state index in [0.29, 0.717) is 16.5 Å². The van der Waals surface area contributed by atoms with Crippen LogP contribution in [0, 0.1) is 0 Å². The summed E-state index contributed by atoms with van der Waals surface area (Å²) < 4.78 is 0.0298. The predicted molar refractivity (Wildman–Crippen MR) is 89.9 cm³/mol. The number of nitrogens with one attached hydrogen (secondary N) is 1. The van der Waals surface area contributed by atoms with Gasteiger partial charge in [-0.05, 0) is 24.3 Å². The molecule has 0 aliphatic carbocycles. The molecular weight excluding hydrogens is 308 g/mol. The Bertz CT molecular complexity index is 497. The molecule has 4 nitrogen and oxygen atoms in total. The molecule has 0 aromatic heterocycles. The van der Waals surface area contributed by atoms with E-state index < -0.39 is 0 Å². The molecular formula is C15H21ClN2O2S. The Balaban J connectivity index is 2.43. The molecule has 0 saturated heterocycles. The number of carbonyl (C=O) groups is 2. The molecule has 0 aliphatic heterocycles. The molecule has 1 aromatic carbocycles. The second-order valence-electron chi connectivity index (χ2n) is 5.71. The highest BCUT2D eigenvalue weighted by molar-refractivity contribution is 8.01. The zero-order valence-electron chi connectivity index (χ0n) is 12.8. The van der Waals surface area contributed by atoms with E-state index in [0.717, 1.165) is 0 Å². The number of halogens is 1. The van der Waals surface area contributed by atoms with Crippen LogP contribution in [0.15, 0.2) is 24.3 Å². The average Bonchev–Trinajstić information content (AvgIpc) is 2.37. The van der Waals surface area contributed by atoms with Crippen LogP contribution in [0.4, 0.5) is 5.69 Å². The molecule has 21 heavy (non-hydrogen) atoms. The van der Waals surface area contributed by atoms with Gasteiger partial charge in [-0.3, -0.25) is 9.59 Å². The molecule has 0 unspecified atom stereocenters. The fourth-order valence-electron chi connectivity index (χ4n) is 1.43. The Morgan fingerprint density at radius 2 is 1.81 bits per heavy atom. The number of carbonyl (C=O) groups excluding carboxylic acids is 2. The molecule has 0 radical (unpaired) electrons. The van der Waals surface area contributed by atoms with Crippen molar-refractivity contribution in [1.29, 1.82) is 0 Å². The monoisotopic (exact) mass is 328 g/mol. The third-order valence-electron chi connectivity index (χ3n) is 2.56. The van der Waals surface area contributed by atoms with E-state index in [9.17, 15) is 9.59 Å². The number of amides is 2. The SMILES string of the molecule is CN(CC(=O)Nc1ccc(Cl)cc1)C(=O)CSC(C)(C)C. The van der Waals surface area contributed by atoms with Gasteiger partial charge in [0.25, 0.3) is 0 Å². The summed E-state index contributed by atoms with van der Waals surface area (Å²) in [4.78, 5) is 25.2. The number of likely N-dealkylation sites (N-methyl/N-ethyl adjacent to an activating group) is 1. The second kappa shape index (κ2) is 7.71. The Morgan fingerprint density at radius 3 is 2.33 bits per heavy atom. The first-order valence-corrected chi connectivity index (χ1v) is 7.97. The molecule has 0 bridgehead atoms. The van der Waals surface area contributed by atoms with Gasteiger partial charge in [-0.2, -0.15) is 0 Å². The largest absolute Gasteiger partial charge is 0.336 e.